The molecule has 0 aromatic rings. The van der Waals surface area contributed by atoms with E-state index >= 15 is 0 Å². The summed E-state index contributed by atoms with van der Waals surface area (Å²) in [6, 6.07) is 0. The van der Waals surface area contributed by atoms with E-state index in [2.05, 4.69) is 29.9 Å². The summed E-state index contributed by atoms with van der Waals surface area (Å²) in [7, 11) is 1.42. The van der Waals surface area contributed by atoms with Crippen LogP contribution in [0.2, 0.25) is 0 Å². The highest BCUT2D eigenvalue weighted by Crippen LogP contribution is 2.04. The molecule has 0 saturated heterocycles. The monoisotopic (exact) mass is 308 g/mol. The highest BCUT2D eigenvalue weighted by molar-refractivity contribution is 5.68. The quantitative estimate of drug-likeness (QED) is 0.232. The lowest BCUT2D eigenvalue weighted by Crippen LogP contribution is -2.00. The Morgan fingerprint density at radius 1 is 1.09 bits per heavy atom. The number of rotatable bonds is 13. The standard InChI is InChI=1S/C19H32O3/c1-3-4-12-15-18(20)16-13-10-8-6-5-7-9-11-14-17-19(21)22-2/h5,7-8,10,13,16,18,20H,3-4,6,9,11-12,14-15,17H2,1-2H3/b7-5+,10-8-,16-13-/t18-/m0/s1. The highest BCUT2D eigenvalue weighted by Gasteiger charge is 1.97. The summed E-state index contributed by atoms with van der Waals surface area (Å²) in [5.41, 5.74) is 0. The highest BCUT2D eigenvalue weighted by atomic mass is 16.5. The molecule has 0 rings (SSSR count). The largest absolute Gasteiger partial charge is 0.469 e. The Morgan fingerprint density at radius 3 is 2.64 bits per heavy atom. The maximum Gasteiger partial charge on any atom is 0.305 e. The molecule has 0 aliphatic carbocycles. The maximum atomic E-state index is 10.9. The summed E-state index contributed by atoms with van der Waals surface area (Å²) in [5, 5.41) is 9.69. The number of allylic oxidation sites excluding steroid dienone is 5. The summed E-state index contributed by atoms with van der Waals surface area (Å²) in [6.07, 6.45) is 20.4. The van der Waals surface area contributed by atoms with Crippen LogP contribution in [0.15, 0.2) is 36.5 Å². The Morgan fingerprint density at radius 2 is 1.91 bits per heavy atom. The number of aliphatic hydroxyl groups excluding tert-OH is 1. The van der Waals surface area contributed by atoms with Crippen LogP contribution in [0.5, 0.6) is 0 Å². The van der Waals surface area contributed by atoms with E-state index in [0.29, 0.717) is 6.42 Å². The lowest BCUT2D eigenvalue weighted by molar-refractivity contribution is -0.140. The van der Waals surface area contributed by atoms with Crippen molar-refractivity contribution in [3.05, 3.63) is 36.5 Å². The first kappa shape index (κ1) is 20.6. The first-order valence-electron chi connectivity index (χ1n) is 8.44. The zero-order valence-electron chi connectivity index (χ0n) is 14.2. The van der Waals surface area contributed by atoms with Gasteiger partial charge in [0.05, 0.1) is 13.2 Å². The Hall–Kier alpha value is -1.35. The predicted octanol–water partition coefficient (Wildman–Crippen LogP) is 4.72. The molecule has 0 heterocycles. The average Bonchev–Trinajstić information content (AvgIpc) is 2.52. The summed E-state index contributed by atoms with van der Waals surface area (Å²) in [5.74, 6) is -0.129. The summed E-state index contributed by atoms with van der Waals surface area (Å²) in [4.78, 5) is 10.9. The average molecular weight is 308 g/mol. The van der Waals surface area contributed by atoms with Gasteiger partial charge in [-0.1, -0.05) is 62.6 Å². The zero-order chi connectivity index (χ0) is 16.5. The third-order valence-corrected chi connectivity index (χ3v) is 3.35. The van der Waals surface area contributed by atoms with E-state index < -0.39 is 0 Å². The molecule has 0 aromatic carbocycles. The Bertz CT molecular complexity index is 343. The predicted molar refractivity (Wildman–Crippen MR) is 92.7 cm³/mol. The fourth-order valence-corrected chi connectivity index (χ4v) is 1.98. The summed E-state index contributed by atoms with van der Waals surface area (Å²) >= 11 is 0. The zero-order valence-corrected chi connectivity index (χ0v) is 14.2. The van der Waals surface area contributed by atoms with Gasteiger partial charge in [-0.15, -0.1) is 0 Å². The molecule has 22 heavy (non-hydrogen) atoms. The lowest BCUT2D eigenvalue weighted by Gasteiger charge is -2.02. The normalized spacial score (nSPS) is 13.4. The second kappa shape index (κ2) is 16.0. The van der Waals surface area contributed by atoms with Crippen LogP contribution in [-0.2, 0) is 9.53 Å². The van der Waals surface area contributed by atoms with E-state index in [9.17, 15) is 9.90 Å². The molecule has 1 atom stereocenters. The van der Waals surface area contributed by atoms with Crippen LogP contribution in [-0.4, -0.2) is 24.3 Å². The van der Waals surface area contributed by atoms with Gasteiger partial charge in [0, 0.05) is 6.42 Å². The van der Waals surface area contributed by atoms with Crippen molar-refractivity contribution < 1.29 is 14.6 Å². The number of methoxy groups -OCH3 is 1. The van der Waals surface area contributed by atoms with Crippen LogP contribution in [0.3, 0.4) is 0 Å². The van der Waals surface area contributed by atoms with Crippen LogP contribution in [0.4, 0.5) is 0 Å². The van der Waals surface area contributed by atoms with Crippen molar-refractivity contribution in [1.29, 1.82) is 0 Å². The number of carbonyl (C=O) groups is 1. The van der Waals surface area contributed by atoms with Gasteiger partial charge in [-0.2, -0.15) is 0 Å². The molecule has 0 bridgehead atoms. The Kier molecular flexibility index (Phi) is 15.0. The third-order valence-electron chi connectivity index (χ3n) is 3.35. The van der Waals surface area contributed by atoms with E-state index in [1.54, 1.807) is 0 Å². The van der Waals surface area contributed by atoms with Crippen molar-refractivity contribution >= 4 is 5.97 Å². The minimum absolute atomic E-state index is 0.129. The number of hydrogen-bond acceptors (Lipinski definition) is 3. The smallest absolute Gasteiger partial charge is 0.305 e. The van der Waals surface area contributed by atoms with Gasteiger partial charge in [-0.3, -0.25) is 4.79 Å². The van der Waals surface area contributed by atoms with Gasteiger partial charge in [0.25, 0.3) is 0 Å². The summed E-state index contributed by atoms with van der Waals surface area (Å²) in [6.45, 7) is 2.16. The van der Waals surface area contributed by atoms with Crippen LogP contribution >= 0.6 is 0 Å². The fourth-order valence-electron chi connectivity index (χ4n) is 1.98. The van der Waals surface area contributed by atoms with Crippen molar-refractivity contribution in [2.24, 2.45) is 0 Å². The number of carbonyl (C=O) groups excluding carboxylic acids is 1. The van der Waals surface area contributed by atoms with Crippen LogP contribution in [0.1, 0.15) is 64.7 Å². The molecule has 0 aromatic heterocycles. The fraction of sp³-hybridized carbons (Fsp3) is 0.632. The van der Waals surface area contributed by atoms with Crippen LogP contribution < -0.4 is 0 Å². The van der Waals surface area contributed by atoms with Gasteiger partial charge in [-0.05, 0) is 32.1 Å². The molecular formula is C19H32O3. The van der Waals surface area contributed by atoms with E-state index in [4.69, 9.17) is 0 Å². The topological polar surface area (TPSA) is 46.5 Å². The van der Waals surface area contributed by atoms with Crippen molar-refractivity contribution in [3.8, 4) is 0 Å². The second-order valence-electron chi connectivity index (χ2n) is 5.41. The molecule has 0 saturated carbocycles. The minimum atomic E-state index is -0.318. The number of hydrogen-bond donors (Lipinski definition) is 1. The van der Waals surface area contributed by atoms with Crippen LogP contribution in [0, 0.1) is 0 Å². The van der Waals surface area contributed by atoms with Gasteiger partial charge >= 0.3 is 5.97 Å². The molecule has 126 valence electrons. The van der Waals surface area contributed by atoms with Gasteiger partial charge in [-0.25, -0.2) is 0 Å². The van der Waals surface area contributed by atoms with E-state index in [0.717, 1.165) is 38.5 Å². The van der Waals surface area contributed by atoms with Gasteiger partial charge in [0.15, 0.2) is 0 Å². The molecule has 3 heteroatoms. The molecule has 0 spiro atoms. The minimum Gasteiger partial charge on any atom is -0.469 e. The maximum absolute atomic E-state index is 10.9. The molecule has 0 amide bonds. The third kappa shape index (κ3) is 15.0. The van der Waals surface area contributed by atoms with Crippen molar-refractivity contribution in [2.75, 3.05) is 7.11 Å². The van der Waals surface area contributed by atoms with Crippen molar-refractivity contribution in [1.82, 2.24) is 0 Å². The van der Waals surface area contributed by atoms with Gasteiger partial charge in [0.2, 0.25) is 0 Å². The first-order valence-corrected chi connectivity index (χ1v) is 8.44. The summed E-state index contributed by atoms with van der Waals surface area (Å²) < 4.78 is 4.59. The second-order valence-corrected chi connectivity index (χ2v) is 5.41. The molecule has 1 N–H and O–H groups in total. The van der Waals surface area contributed by atoms with Gasteiger partial charge in [0.1, 0.15) is 0 Å². The van der Waals surface area contributed by atoms with Crippen LogP contribution in [0.25, 0.3) is 0 Å². The van der Waals surface area contributed by atoms with E-state index in [-0.39, 0.29) is 12.1 Å². The van der Waals surface area contributed by atoms with Gasteiger partial charge < -0.3 is 9.84 Å². The molecule has 0 aliphatic heterocycles. The molecular weight excluding hydrogens is 276 g/mol. The number of esters is 1. The molecule has 0 fully saturated rings. The van der Waals surface area contributed by atoms with Crippen molar-refractivity contribution in [2.45, 2.75) is 70.8 Å². The Balaban J connectivity index is 3.52. The number of unbranched alkanes of at least 4 members (excludes halogenated alkanes) is 4. The van der Waals surface area contributed by atoms with E-state index in [1.165, 1.54) is 20.0 Å². The number of aliphatic hydroxyl groups is 1. The van der Waals surface area contributed by atoms with Crippen molar-refractivity contribution in [3.63, 3.8) is 0 Å². The molecule has 0 aliphatic rings. The lowest BCUT2D eigenvalue weighted by atomic mass is 10.1. The first-order chi connectivity index (χ1) is 10.7. The molecule has 0 radical (unpaired) electrons. The Labute approximate surface area is 135 Å². The van der Waals surface area contributed by atoms with E-state index in [1.807, 2.05) is 18.2 Å². The molecule has 3 nitrogen and oxygen atoms in total. The molecule has 0 unspecified atom stereocenters. The SMILES string of the molecule is CCCCC[C@H](O)/C=C\C=C/C/C=C/CCCCC(=O)OC. The number of ether oxygens (including phenoxy) is 1.